The van der Waals surface area contributed by atoms with Crippen molar-refractivity contribution < 1.29 is 14.3 Å². The van der Waals surface area contributed by atoms with E-state index >= 15 is 0 Å². The molecule has 8 heteroatoms. The van der Waals surface area contributed by atoms with Crippen molar-refractivity contribution in [3.63, 3.8) is 0 Å². The Morgan fingerprint density at radius 2 is 1.93 bits per heavy atom. The minimum absolute atomic E-state index is 0.203. The number of benzene rings is 2. The van der Waals surface area contributed by atoms with E-state index in [1.165, 1.54) is 22.1 Å². The van der Waals surface area contributed by atoms with Gasteiger partial charge in [0.15, 0.2) is 5.69 Å². The normalized spacial score (nSPS) is 11.1. The van der Waals surface area contributed by atoms with Crippen molar-refractivity contribution >= 4 is 45.2 Å². The smallest absolute Gasteiger partial charge is 0.358 e. The van der Waals surface area contributed by atoms with Crippen molar-refractivity contribution in [1.29, 1.82) is 0 Å². The second-order valence-electron chi connectivity index (χ2n) is 6.23. The zero-order valence-electron chi connectivity index (χ0n) is 16.1. The van der Waals surface area contributed by atoms with Gasteiger partial charge in [-0.05, 0) is 43.3 Å². The summed E-state index contributed by atoms with van der Waals surface area (Å²) in [6.07, 6.45) is 4.78. The molecule has 0 aliphatic heterocycles. The van der Waals surface area contributed by atoms with Gasteiger partial charge < -0.3 is 10.1 Å². The third kappa shape index (κ3) is 4.28. The number of carbonyl (C=O) groups excluding carboxylic acids is 2. The SMILES string of the molecule is CCOC(=O)c1ccn(-c2ccccc2NC(=O)C=Cc2nc3ccccc3s2)n1. The van der Waals surface area contributed by atoms with Crippen LogP contribution in [-0.4, -0.2) is 33.2 Å². The molecule has 0 atom stereocenters. The van der Waals surface area contributed by atoms with Gasteiger partial charge in [-0.25, -0.2) is 14.5 Å². The highest BCUT2D eigenvalue weighted by Crippen LogP contribution is 2.23. The number of nitrogens with zero attached hydrogens (tertiary/aromatic N) is 3. The van der Waals surface area contributed by atoms with Crippen molar-refractivity contribution in [3.05, 3.63) is 77.6 Å². The van der Waals surface area contributed by atoms with Gasteiger partial charge in [-0.15, -0.1) is 11.3 Å². The summed E-state index contributed by atoms with van der Waals surface area (Å²) in [7, 11) is 0. The summed E-state index contributed by atoms with van der Waals surface area (Å²) < 4.78 is 7.56. The first kappa shape index (κ1) is 19.5. The van der Waals surface area contributed by atoms with Gasteiger partial charge in [0.25, 0.3) is 0 Å². The summed E-state index contributed by atoms with van der Waals surface area (Å²) in [6, 6.07) is 16.6. The monoisotopic (exact) mass is 418 g/mol. The first-order valence-electron chi connectivity index (χ1n) is 9.31. The standard InChI is InChI=1S/C22H18N4O3S/c1-2-29-22(28)17-13-14-26(25-17)18-9-5-3-7-15(18)23-20(27)11-12-21-24-16-8-4-6-10-19(16)30-21/h3-14H,2H2,1H3,(H,23,27). The largest absolute Gasteiger partial charge is 0.461 e. The number of hydrogen-bond acceptors (Lipinski definition) is 6. The molecule has 4 rings (SSSR count). The number of amides is 1. The van der Waals surface area contributed by atoms with Crippen molar-refractivity contribution in [2.24, 2.45) is 0 Å². The van der Waals surface area contributed by atoms with Crippen LogP contribution >= 0.6 is 11.3 Å². The van der Waals surface area contributed by atoms with Crippen LogP contribution in [0.25, 0.3) is 22.0 Å². The van der Waals surface area contributed by atoms with Gasteiger partial charge in [-0.2, -0.15) is 5.10 Å². The lowest BCUT2D eigenvalue weighted by molar-refractivity contribution is -0.111. The van der Waals surface area contributed by atoms with E-state index in [1.807, 2.05) is 36.4 Å². The van der Waals surface area contributed by atoms with Gasteiger partial charge in [0.2, 0.25) is 5.91 Å². The molecule has 0 saturated heterocycles. The maximum absolute atomic E-state index is 12.5. The molecule has 1 amide bonds. The predicted octanol–water partition coefficient (Wildman–Crippen LogP) is 4.31. The lowest BCUT2D eigenvalue weighted by Crippen LogP contribution is -2.11. The number of aromatic nitrogens is 3. The first-order valence-corrected chi connectivity index (χ1v) is 10.1. The van der Waals surface area contributed by atoms with Crippen molar-refractivity contribution in [3.8, 4) is 5.69 Å². The Labute approximate surface area is 176 Å². The molecule has 150 valence electrons. The van der Waals surface area contributed by atoms with Gasteiger partial charge >= 0.3 is 5.97 Å². The van der Waals surface area contributed by atoms with Crippen LogP contribution in [0.1, 0.15) is 22.4 Å². The van der Waals surface area contributed by atoms with E-state index in [0.29, 0.717) is 11.4 Å². The first-order chi connectivity index (χ1) is 14.6. The summed E-state index contributed by atoms with van der Waals surface area (Å²) in [5.41, 5.74) is 2.31. The Kier molecular flexibility index (Phi) is 5.67. The molecular formula is C22H18N4O3S. The minimum Gasteiger partial charge on any atom is -0.461 e. The molecule has 0 saturated carbocycles. The summed E-state index contributed by atoms with van der Waals surface area (Å²) in [5, 5.41) is 7.86. The average Bonchev–Trinajstić information content (AvgIpc) is 3.40. The number of para-hydroxylation sites is 3. The molecule has 0 radical (unpaired) electrons. The molecule has 0 aliphatic rings. The second-order valence-corrected chi connectivity index (χ2v) is 7.29. The lowest BCUT2D eigenvalue weighted by Gasteiger charge is -2.09. The molecule has 2 aromatic heterocycles. The van der Waals surface area contributed by atoms with Crippen LogP contribution in [0.15, 0.2) is 66.9 Å². The quantitative estimate of drug-likeness (QED) is 0.372. The molecule has 1 N–H and O–H groups in total. The highest BCUT2D eigenvalue weighted by Gasteiger charge is 2.13. The van der Waals surface area contributed by atoms with Crippen LogP contribution in [-0.2, 0) is 9.53 Å². The number of hydrogen-bond donors (Lipinski definition) is 1. The molecule has 4 aromatic rings. The van der Waals surface area contributed by atoms with Crippen LogP contribution in [0, 0.1) is 0 Å². The Balaban J connectivity index is 1.51. The summed E-state index contributed by atoms with van der Waals surface area (Å²) >= 11 is 1.52. The van der Waals surface area contributed by atoms with E-state index < -0.39 is 5.97 Å². The molecule has 0 bridgehead atoms. The number of carbonyl (C=O) groups is 2. The molecule has 2 aromatic carbocycles. The summed E-state index contributed by atoms with van der Waals surface area (Å²) in [5.74, 6) is -0.781. The van der Waals surface area contributed by atoms with Crippen LogP contribution in [0.2, 0.25) is 0 Å². The number of anilines is 1. The number of ether oxygens (including phenoxy) is 1. The highest BCUT2D eigenvalue weighted by atomic mass is 32.1. The van der Waals surface area contributed by atoms with Crippen molar-refractivity contribution in [2.45, 2.75) is 6.92 Å². The van der Waals surface area contributed by atoms with Gasteiger partial charge in [0.05, 0.1) is 28.2 Å². The van der Waals surface area contributed by atoms with Crippen LogP contribution in [0.3, 0.4) is 0 Å². The number of fused-ring (bicyclic) bond motifs is 1. The fourth-order valence-corrected chi connectivity index (χ4v) is 3.70. The van der Waals surface area contributed by atoms with Gasteiger partial charge in [0.1, 0.15) is 5.01 Å². The zero-order valence-corrected chi connectivity index (χ0v) is 16.9. The number of rotatable bonds is 6. The van der Waals surface area contributed by atoms with Crippen LogP contribution < -0.4 is 5.32 Å². The maximum atomic E-state index is 12.5. The highest BCUT2D eigenvalue weighted by molar-refractivity contribution is 7.19. The van der Waals surface area contributed by atoms with Crippen molar-refractivity contribution in [2.75, 3.05) is 11.9 Å². The van der Waals surface area contributed by atoms with E-state index in [0.717, 1.165) is 15.2 Å². The molecule has 0 unspecified atom stereocenters. The molecule has 0 fully saturated rings. The molecule has 30 heavy (non-hydrogen) atoms. The van der Waals surface area contributed by atoms with Gasteiger partial charge in [0, 0.05) is 12.3 Å². The maximum Gasteiger partial charge on any atom is 0.358 e. The minimum atomic E-state index is -0.489. The van der Waals surface area contributed by atoms with E-state index in [2.05, 4.69) is 15.4 Å². The third-order valence-electron chi connectivity index (χ3n) is 4.17. The second kappa shape index (κ2) is 8.71. The third-order valence-corrected chi connectivity index (χ3v) is 5.17. The predicted molar refractivity (Wildman–Crippen MR) is 117 cm³/mol. The Bertz CT molecular complexity index is 1210. The number of thiazole rings is 1. The Hall–Kier alpha value is -3.78. The van der Waals surface area contributed by atoms with E-state index in [1.54, 1.807) is 37.4 Å². The Morgan fingerprint density at radius 1 is 1.13 bits per heavy atom. The van der Waals surface area contributed by atoms with Gasteiger partial charge in [-0.3, -0.25) is 4.79 Å². The van der Waals surface area contributed by atoms with Crippen LogP contribution in [0.5, 0.6) is 0 Å². The fraction of sp³-hybridized carbons (Fsp3) is 0.0909. The lowest BCUT2D eigenvalue weighted by atomic mass is 10.2. The summed E-state index contributed by atoms with van der Waals surface area (Å²) in [6.45, 7) is 2.01. The van der Waals surface area contributed by atoms with Gasteiger partial charge in [-0.1, -0.05) is 24.3 Å². The molecule has 0 aliphatic carbocycles. The summed E-state index contributed by atoms with van der Waals surface area (Å²) in [4.78, 5) is 28.8. The average molecular weight is 418 g/mol. The van der Waals surface area contributed by atoms with E-state index in [4.69, 9.17) is 4.74 Å². The topological polar surface area (TPSA) is 86.1 Å². The zero-order chi connectivity index (χ0) is 20.9. The Morgan fingerprint density at radius 3 is 2.77 bits per heavy atom. The van der Waals surface area contributed by atoms with E-state index in [-0.39, 0.29) is 18.2 Å². The number of nitrogens with one attached hydrogen (secondary N) is 1. The molecule has 0 spiro atoms. The van der Waals surface area contributed by atoms with Crippen molar-refractivity contribution in [1.82, 2.24) is 14.8 Å². The number of esters is 1. The van der Waals surface area contributed by atoms with Crippen LogP contribution in [0.4, 0.5) is 5.69 Å². The molecule has 7 nitrogen and oxygen atoms in total. The fourth-order valence-electron chi connectivity index (χ4n) is 2.83. The van der Waals surface area contributed by atoms with E-state index in [9.17, 15) is 9.59 Å². The molecule has 2 heterocycles. The molecular weight excluding hydrogens is 400 g/mol.